The van der Waals surface area contributed by atoms with Crippen LogP contribution in [0.3, 0.4) is 0 Å². The minimum atomic E-state index is -4.60. The minimum Gasteiger partial charge on any atom is -0.348 e. The molecule has 1 aliphatic rings. The lowest BCUT2D eigenvalue weighted by atomic mass is 10.1. The van der Waals surface area contributed by atoms with Crippen molar-refractivity contribution in [3.05, 3.63) is 28.8 Å². The summed E-state index contributed by atoms with van der Waals surface area (Å²) in [6.07, 6.45) is -4.60. The number of amides is 1. The maximum Gasteiger partial charge on any atom is 0.417 e. The van der Waals surface area contributed by atoms with E-state index in [1.165, 1.54) is 6.07 Å². The molecule has 0 radical (unpaired) electrons. The van der Waals surface area contributed by atoms with Gasteiger partial charge >= 0.3 is 6.18 Å². The van der Waals surface area contributed by atoms with Crippen molar-refractivity contribution in [2.45, 2.75) is 25.6 Å². The van der Waals surface area contributed by atoms with Gasteiger partial charge in [-0.05, 0) is 44.3 Å². The molecule has 0 spiro atoms. The summed E-state index contributed by atoms with van der Waals surface area (Å²) >= 11 is 10.5. The average Bonchev–Trinajstić information content (AvgIpc) is 2.48. The molecule has 0 saturated carbocycles. The van der Waals surface area contributed by atoms with Gasteiger partial charge in [0.25, 0.3) is 5.91 Å². The van der Waals surface area contributed by atoms with Crippen molar-refractivity contribution in [1.29, 1.82) is 0 Å². The Labute approximate surface area is 123 Å². The van der Waals surface area contributed by atoms with Crippen LogP contribution in [0.5, 0.6) is 0 Å². The Morgan fingerprint density at radius 3 is 2.40 bits per heavy atom. The number of nitrogens with one attached hydrogen (secondary N) is 1. The molecule has 3 nitrogen and oxygen atoms in total. The van der Waals surface area contributed by atoms with E-state index in [4.69, 9.17) is 23.8 Å². The minimum absolute atomic E-state index is 0.0369. The molecule has 0 unspecified atom stereocenters. The number of nitrogens with zero attached hydrogens (tertiary/aromatic N) is 1. The zero-order valence-electron chi connectivity index (χ0n) is 10.5. The molecular formula is C12H10ClF3N2OS. The van der Waals surface area contributed by atoms with Crippen LogP contribution in [0, 0.1) is 0 Å². The van der Waals surface area contributed by atoms with E-state index in [0.29, 0.717) is 0 Å². The predicted molar refractivity (Wildman–Crippen MR) is 73.8 cm³/mol. The summed E-state index contributed by atoms with van der Waals surface area (Å²) in [6.45, 7) is 3.20. The van der Waals surface area contributed by atoms with E-state index in [0.717, 1.165) is 17.0 Å². The molecule has 1 fully saturated rings. The number of alkyl halides is 3. The highest BCUT2D eigenvalue weighted by atomic mass is 35.5. The molecule has 20 heavy (non-hydrogen) atoms. The molecule has 108 valence electrons. The number of hydrogen-bond acceptors (Lipinski definition) is 2. The van der Waals surface area contributed by atoms with Crippen LogP contribution < -0.4 is 10.2 Å². The third-order valence-corrected chi connectivity index (χ3v) is 3.49. The molecule has 0 aromatic heterocycles. The van der Waals surface area contributed by atoms with Crippen LogP contribution in [0.25, 0.3) is 0 Å². The molecule has 1 aromatic rings. The lowest BCUT2D eigenvalue weighted by Crippen LogP contribution is -2.40. The van der Waals surface area contributed by atoms with Crippen LogP contribution in [0.1, 0.15) is 19.4 Å². The van der Waals surface area contributed by atoms with Gasteiger partial charge in [0, 0.05) is 0 Å². The number of halogens is 4. The molecular weight excluding hydrogens is 313 g/mol. The molecule has 0 aliphatic carbocycles. The van der Waals surface area contributed by atoms with E-state index in [2.05, 4.69) is 5.32 Å². The van der Waals surface area contributed by atoms with Crippen molar-refractivity contribution >= 4 is 40.5 Å². The van der Waals surface area contributed by atoms with Crippen molar-refractivity contribution in [2.75, 3.05) is 4.90 Å². The third kappa shape index (κ3) is 2.47. The van der Waals surface area contributed by atoms with Crippen LogP contribution in [-0.4, -0.2) is 16.6 Å². The first-order valence-electron chi connectivity index (χ1n) is 5.57. The fraction of sp³-hybridized carbons (Fsp3) is 0.333. The first-order valence-corrected chi connectivity index (χ1v) is 6.36. The fourth-order valence-corrected chi connectivity index (χ4v) is 2.52. The van der Waals surface area contributed by atoms with Gasteiger partial charge in [0.15, 0.2) is 5.11 Å². The Bertz CT molecular complexity index is 601. The molecule has 1 heterocycles. The number of rotatable bonds is 1. The molecule has 1 amide bonds. The molecule has 1 aromatic carbocycles. The molecule has 8 heteroatoms. The van der Waals surface area contributed by atoms with Gasteiger partial charge in [0.2, 0.25) is 0 Å². The van der Waals surface area contributed by atoms with E-state index in [9.17, 15) is 18.0 Å². The van der Waals surface area contributed by atoms with E-state index in [-0.39, 0.29) is 10.8 Å². The zero-order valence-corrected chi connectivity index (χ0v) is 12.1. The molecule has 0 bridgehead atoms. The highest BCUT2D eigenvalue weighted by Gasteiger charge is 2.43. The summed E-state index contributed by atoms with van der Waals surface area (Å²) in [6, 6.07) is 3.24. The van der Waals surface area contributed by atoms with Crippen LogP contribution in [0.2, 0.25) is 5.02 Å². The van der Waals surface area contributed by atoms with E-state index in [1.807, 2.05) is 0 Å². The van der Waals surface area contributed by atoms with Crippen molar-refractivity contribution < 1.29 is 18.0 Å². The SMILES string of the molecule is CC1(C)NC(=S)N(c2ccc(Cl)c(C(F)(F)F)c2)C1=O. The lowest BCUT2D eigenvalue weighted by Gasteiger charge is -2.19. The normalized spacial score (nSPS) is 18.4. The summed E-state index contributed by atoms with van der Waals surface area (Å²) in [5.41, 5.74) is -1.92. The Hall–Kier alpha value is -1.34. The van der Waals surface area contributed by atoms with Gasteiger partial charge < -0.3 is 5.32 Å². The summed E-state index contributed by atoms with van der Waals surface area (Å²) in [5.74, 6) is -0.419. The van der Waals surface area contributed by atoms with Crippen LogP contribution >= 0.6 is 23.8 Å². The number of carbonyl (C=O) groups is 1. The molecule has 1 aliphatic heterocycles. The third-order valence-electron chi connectivity index (χ3n) is 2.87. The number of thiocarbonyl (C=S) groups is 1. The second-order valence-corrected chi connectivity index (χ2v) is 5.65. The summed E-state index contributed by atoms with van der Waals surface area (Å²) in [5, 5.41) is 2.40. The van der Waals surface area contributed by atoms with E-state index >= 15 is 0 Å². The van der Waals surface area contributed by atoms with E-state index in [1.54, 1.807) is 13.8 Å². The maximum atomic E-state index is 12.8. The van der Waals surface area contributed by atoms with Crippen LogP contribution in [0.15, 0.2) is 18.2 Å². The first-order chi connectivity index (χ1) is 9.04. The largest absolute Gasteiger partial charge is 0.417 e. The highest BCUT2D eigenvalue weighted by molar-refractivity contribution is 7.80. The summed E-state index contributed by atoms with van der Waals surface area (Å²) in [4.78, 5) is 13.2. The number of benzene rings is 1. The lowest BCUT2D eigenvalue weighted by molar-refractivity contribution is -0.137. The Morgan fingerprint density at radius 2 is 1.95 bits per heavy atom. The Kier molecular flexibility index (Phi) is 3.46. The molecule has 2 rings (SSSR count). The van der Waals surface area contributed by atoms with Gasteiger partial charge in [-0.2, -0.15) is 13.2 Å². The quantitative estimate of drug-likeness (QED) is 0.805. The van der Waals surface area contributed by atoms with Crippen molar-refractivity contribution in [2.24, 2.45) is 0 Å². The Morgan fingerprint density at radius 1 is 1.35 bits per heavy atom. The summed E-state index contributed by atoms with van der Waals surface area (Å²) < 4.78 is 38.5. The number of anilines is 1. The smallest absolute Gasteiger partial charge is 0.348 e. The molecule has 1 saturated heterocycles. The zero-order chi connectivity index (χ0) is 15.3. The first kappa shape index (κ1) is 15.1. The van der Waals surface area contributed by atoms with E-state index < -0.39 is 28.2 Å². The van der Waals surface area contributed by atoms with Gasteiger partial charge in [0.1, 0.15) is 5.54 Å². The van der Waals surface area contributed by atoms with Gasteiger partial charge in [-0.1, -0.05) is 11.6 Å². The second kappa shape index (κ2) is 4.60. The molecule has 1 N–H and O–H groups in total. The maximum absolute atomic E-state index is 12.8. The fourth-order valence-electron chi connectivity index (χ4n) is 1.85. The van der Waals surface area contributed by atoms with Crippen LogP contribution in [-0.2, 0) is 11.0 Å². The van der Waals surface area contributed by atoms with Gasteiger partial charge in [-0.25, -0.2) is 0 Å². The van der Waals surface area contributed by atoms with Crippen molar-refractivity contribution in [1.82, 2.24) is 5.32 Å². The highest BCUT2D eigenvalue weighted by Crippen LogP contribution is 2.37. The van der Waals surface area contributed by atoms with Gasteiger partial charge in [-0.3, -0.25) is 9.69 Å². The second-order valence-electron chi connectivity index (χ2n) is 4.86. The van der Waals surface area contributed by atoms with Gasteiger partial charge in [0.05, 0.1) is 16.3 Å². The average molecular weight is 323 g/mol. The number of hydrogen-bond donors (Lipinski definition) is 1. The van der Waals surface area contributed by atoms with Crippen molar-refractivity contribution in [3.8, 4) is 0 Å². The van der Waals surface area contributed by atoms with Crippen molar-refractivity contribution in [3.63, 3.8) is 0 Å². The Balaban J connectivity index is 2.50. The topological polar surface area (TPSA) is 32.3 Å². The standard InChI is InChI=1S/C12H10ClF3N2OS/c1-11(2)9(19)18(10(20)17-11)6-3-4-8(13)7(5-6)12(14,15)16/h3-5H,1-2H3,(H,17,20). The summed E-state index contributed by atoms with van der Waals surface area (Å²) in [7, 11) is 0. The predicted octanol–water partition coefficient (Wildman–Crippen LogP) is 3.36. The van der Waals surface area contributed by atoms with Crippen LogP contribution in [0.4, 0.5) is 18.9 Å². The monoisotopic (exact) mass is 322 g/mol. The number of carbonyl (C=O) groups excluding carboxylic acids is 1. The van der Waals surface area contributed by atoms with Gasteiger partial charge in [-0.15, -0.1) is 0 Å². The molecule has 0 atom stereocenters.